The summed E-state index contributed by atoms with van der Waals surface area (Å²) in [5, 5.41) is 0.704. The van der Waals surface area contributed by atoms with Crippen molar-refractivity contribution < 1.29 is 19.0 Å². The largest absolute Gasteiger partial charge is 0.493 e. The van der Waals surface area contributed by atoms with E-state index < -0.39 is 0 Å². The van der Waals surface area contributed by atoms with Gasteiger partial charge in [0.05, 0.1) is 43.2 Å². The lowest BCUT2D eigenvalue weighted by molar-refractivity contribution is 0.0376. The average molecular weight is 470 g/mol. The van der Waals surface area contributed by atoms with E-state index in [4.69, 9.17) is 19.2 Å². The van der Waals surface area contributed by atoms with Gasteiger partial charge in [-0.2, -0.15) is 0 Å². The molecular formula is C25H31N3O4S. The summed E-state index contributed by atoms with van der Waals surface area (Å²) in [7, 11) is 3.13. The number of aromatic nitrogens is 1. The maximum atomic E-state index is 13.8. The summed E-state index contributed by atoms with van der Waals surface area (Å²) in [6.07, 6.45) is 1.81. The molecule has 33 heavy (non-hydrogen) atoms. The number of anilines is 1. The third kappa shape index (κ3) is 5.29. The Morgan fingerprint density at radius 2 is 2.00 bits per heavy atom. The molecule has 3 aromatic rings. The Kier molecular flexibility index (Phi) is 7.80. The fraction of sp³-hybridized carbons (Fsp3) is 0.440. The summed E-state index contributed by atoms with van der Waals surface area (Å²) in [4.78, 5) is 22.8. The van der Waals surface area contributed by atoms with Crippen molar-refractivity contribution in [2.24, 2.45) is 0 Å². The van der Waals surface area contributed by atoms with E-state index in [0.717, 1.165) is 55.9 Å². The number of thiazole rings is 1. The van der Waals surface area contributed by atoms with E-state index in [0.29, 0.717) is 28.7 Å². The predicted octanol–water partition coefficient (Wildman–Crippen LogP) is 4.25. The summed E-state index contributed by atoms with van der Waals surface area (Å²) < 4.78 is 17.5. The molecule has 7 nitrogen and oxygen atoms in total. The van der Waals surface area contributed by atoms with Crippen LogP contribution in [0.15, 0.2) is 36.4 Å². The first-order valence-corrected chi connectivity index (χ1v) is 12.2. The molecule has 1 aromatic heterocycles. The minimum Gasteiger partial charge on any atom is -0.493 e. The smallest absolute Gasteiger partial charge is 0.263 e. The number of hydrogen-bond acceptors (Lipinski definition) is 7. The second kappa shape index (κ2) is 11.0. The molecule has 0 bridgehead atoms. The van der Waals surface area contributed by atoms with Crippen molar-refractivity contribution in [3.8, 4) is 11.5 Å². The van der Waals surface area contributed by atoms with Crippen LogP contribution in [0.4, 0.5) is 5.13 Å². The monoisotopic (exact) mass is 469 g/mol. The van der Waals surface area contributed by atoms with E-state index in [2.05, 4.69) is 24.0 Å². The van der Waals surface area contributed by atoms with Crippen LogP contribution in [0.3, 0.4) is 0 Å². The van der Waals surface area contributed by atoms with Crippen LogP contribution in [0.2, 0.25) is 0 Å². The lowest BCUT2D eigenvalue weighted by Gasteiger charge is -2.28. The molecule has 2 heterocycles. The number of benzene rings is 2. The second-order valence-electron chi connectivity index (χ2n) is 7.96. The van der Waals surface area contributed by atoms with Gasteiger partial charge < -0.3 is 14.2 Å². The number of carbonyl (C=O) groups is 1. The predicted molar refractivity (Wildman–Crippen MR) is 132 cm³/mol. The molecule has 4 rings (SSSR count). The fourth-order valence-electron chi connectivity index (χ4n) is 4.05. The highest BCUT2D eigenvalue weighted by Gasteiger charge is 2.26. The van der Waals surface area contributed by atoms with Crippen LogP contribution in [-0.4, -0.2) is 69.4 Å². The number of para-hydroxylation sites is 1. The van der Waals surface area contributed by atoms with Crippen LogP contribution in [-0.2, 0) is 11.2 Å². The zero-order valence-electron chi connectivity index (χ0n) is 19.5. The number of carbonyl (C=O) groups excluding carboxylic acids is 1. The molecule has 1 saturated heterocycles. The number of amides is 1. The molecule has 1 amide bonds. The molecule has 0 radical (unpaired) electrons. The maximum absolute atomic E-state index is 13.8. The first-order valence-electron chi connectivity index (χ1n) is 11.4. The molecule has 0 spiro atoms. The van der Waals surface area contributed by atoms with Gasteiger partial charge in [-0.1, -0.05) is 30.4 Å². The molecule has 0 unspecified atom stereocenters. The van der Waals surface area contributed by atoms with Crippen molar-refractivity contribution in [1.82, 2.24) is 9.88 Å². The number of rotatable bonds is 9. The van der Waals surface area contributed by atoms with Crippen molar-refractivity contribution in [1.29, 1.82) is 0 Å². The summed E-state index contributed by atoms with van der Waals surface area (Å²) in [6.45, 7) is 7.00. The first kappa shape index (κ1) is 23.5. The number of nitrogens with zero attached hydrogens (tertiary/aromatic N) is 3. The van der Waals surface area contributed by atoms with Gasteiger partial charge in [0, 0.05) is 26.2 Å². The van der Waals surface area contributed by atoms with E-state index in [-0.39, 0.29) is 5.91 Å². The van der Waals surface area contributed by atoms with Gasteiger partial charge in [0.25, 0.3) is 5.91 Å². The average Bonchev–Trinajstić information content (AvgIpc) is 3.29. The molecule has 1 fully saturated rings. The van der Waals surface area contributed by atoms with Crippen molar-refractivity contribution in [2.45, 2.75) is 19.8 Å². The topological polar surface area (TPSA) is 64.1 Å². The standard InChI is InChI=1S/C25H31N3O4S/c1-4-18-9-10-20-22(17-18)33-25(26-20)28(12-6-11-27-13-15-32-16-14-27)24(29)19-7-5-8-21(30-2)23(19)31-3/h5,7-10,17H,4,6,11-16H2,1-3H3. The van der Waals surface area contributed by atoms with Crippen molar-refractivity contribution in [3.05, 3.63) is 47.5 Å². The summed E-state index contributed by atoms with van der Waals surface area (Å²) >= 11 is 1.56. The molecular weight excluding hydrogens is 438 g/mol. The number of aryl methyl sites for hydroxylation is 1. The second-order valence-corrected chi connectivity index (χ2v) is 8.97. The Morgan fingerprint density at radius 3 is 2.73 bits per heavy atom. The zero-order valence-corrected chi connectivity index (χ0v) is 20.3. The molecule has 0 aliphatic carbocycles. The van der Waals surface area contributed by atoms with Gasteiger partial charge >= 0.3 is 0 Å². The van der Waals surface area contributed by atoms with Crippen molar-refractivity contribution in [3.63, 3.8) is 0 Å². The van der Waals surface area contributed by atoms with Crippen LogP contribution in [0.5, 0.6) is 11.5 Å². The third-order valence-electron chi connectivity index (χ3n) is 5.92. The van der Waals surface area contributed by atoms with Gasteiger partial charge in [-0.05, 0) is 42.7 Å². The molecule has 1 aliphatic heterocycles. The highest BCUT2D eigenvalue weighted by atomic mass is 32.1. The Morgan fingerprint density at radius 1 is 1.18 bits per heavy atom. The number of fused-ring (bicyclic) bond motifs is 1. The molecule has 0 N–H and O–H groups in total. The van der Waals surface area contributed by atoms with Gasteiger partial charge in [-0.15, -0.1) is 0 Å². The van der Waals surface area contributed by atoms with Crippen LogP contribution < -0.4 is 14.4 Å². The lowest BCUT2D eigenvalue weighted by atomic mass is 10.1. The van der Waals surface area contributed by atoms with Crippen LogP contribution >= 0.6 is 11.3 Å². The summed E-state index contributed by atoms with van der Waals surface area (Å²) in [6, 6.07) is 11.7. The fourth-order valence-corrected chi connectivity index (χ4v) is 5.11. The molecule has 8 heteroatoms. The Balaban J connectivity index is 1.64. The molecule has 0 atom stereocenters. The van der Waals surface area contributed by atoms with Crippen LogP contribution in [0, 0.1) is 0 Å². The van der Waals surface area contributed by atoms with E-state index in [1.54, 1.807) is 42.6 Å². The van der Waals surface area contributed by atoms with Crippen molar-refractivity contribution in [2.75, 3.05) is 58.5 Å². The van der Waals surface area contributed by atoms with E-state index >= 15 is 0 Å². The van der Waals surface area contributed by atoms with Crippen LogP contribution in [0.1, 0.15) is 29.3 Å². The first-order chi connectivity index (χ1) is 16.1. The van der Waals surface area contributed by atoms with E-state index in [1.165, 1.54) is 5.56 Å². The quantitative estimate of drug-likeness (QED) is 0.467. The third-order valence-corrected chi connectivity index (χ3v) is 6.96. The highest BCUT2D eigenvalue weighted by molar-refractivity contribution is 7.22. The maximum Gasteiger partial charge on any atom is 0.263 e. The molecule has 176 valence electrons. The summed E-state index contributed by atoms with van der Waals surface area (Å²) in [5.74, 6) is 0.841. The van der Waals surface area contributed by atoms with E-state index in [9.17, 15) is 4.79 Å². The number of hydrogen-bond donors (Lipinski definition) is 0. The summed E-state index contributed by atoms with van der Waals surface area (Å²) in [5.41, 5.74) is 2.64. The molecule has 0 saturated carbocycles. The van der Waals surface area contributed by atoms with Crippen molar-refractivity contribution >= 4 is 32.6 Å². The lowest BCUT2D eigenvalue weighted by Crippen LogP contribution is -2.39. The SMILES string of the molecule is CCc1ccc2nc(N(CCCN3CCOCC3)C(=O)c3cccc(OC)c3OC)sc2c1. The highest BCUT2D eigenvalue weighted by Crippen LogP contribution is 2.35. The minimum atomic E-state index is -0.137. The van der Waals surface area contributed by atoms with Gasteiger partial charge in [-0.25, -0.2) is 4.98 Å². The Bertz CT molecular complexity index is 1090. The minimum absolute atomic E-state index is 0.137. The van der Waals surface area contributed by atoms with Crippen LogP contribution in [0.25, 0.3) is 10.2 Å². The Hall–Kier alpha value is -2.68. The number of ether oxygens (including phenoxy) is 3. The number of methoxy groups -OCH3 is 2. The molecule has 1 aliphatic rings. The van der Waals surface area contributed by atoms with Gasteiger partial charge in [0.2, 0.25) is 0 Å². The number of morpholine rings is 1. The normalized spacial score (nSPS) is 14.4. The Labute approximate surface area is 198 Å². The van der Waals surface area contributed by atoms with Gasteiger partial charge in [0.15, 0.2) is 16.6 Å². The van der Waals surface area contributed by atoms with E-state index in [1.807, 2.05) is 12.1 Å². The molecule has 2 aromatic carbocycles. The zero-order chi connectivity index (χ0) is 23.2. The van der Waals surface area contributed by atoms with Gasteiger partial charge in [-0.3, -0.25) is 14.6 Å². The van der Waals surface area contributed by atoms with Gasteiger partial charge in [0.1, 0.15) is 0 Å².